The fourth-order valence-corrected chi connectivity index (χ4v) is 2.08. The lowest BCUT2D eigenvalue weighted by molar-refractivity contribution is -0.125. The molecule has 1 aliphatic heterocycles. The Morgan fingerprint density at radius 2 is 1.89 bits per heavy atom. The summed E-state index contributed by atoms with van der Waals surface area (Å²) >= 11 is 0. The fraction of sp³-hybridized carbons (Fsp3) is 0.462. The van der Waals surface area contributed by atoms with E-state index in [9.17, 15) is 4.79 Å². The number of carbonyl (C=O) groups is 1. The summed E-state index contributed by atoms with van der Waals surface area (Å²) in [5.41, 5.74) is 1.17. The molecule has 1 heterocycles. The van der Waals surface area contributed by atoms with Crippen LogP contribution in [0.25, 0.3) is 0 Å². The molecule has 2 N–H and O–H groups in total. The monoisotopic (exact) mass is 286 g/mol. The summed E-state index contributed by atoms with van der Waals surface area (Å²) in [5.74, 6) is 0.127. The summed E-state index contributed by atoms with van der Waals surface area (Å²) in [5, 5.41) is 6.37. The van der Waals surface area contributed by atoms with Gasteiger partial charge in [0.2, 0.25) is 5.91 Å². The van der Waals surface area contributed by atoms with Crippen molar-refractivity contribution in [2.24, 2.45) is 0 Å². The third kappa shape index (κ3) is 4.23. The zero-order chi connectivity index (χ0) is 11.4. The van der Waals surface area contributed by atoms with Crippen molar-refractivity contribution in [1.29, 1.82) is 0 Å². The largest absolute Gasteiger partial charge is 0.347 e. The molecule has 1 fully saturated rings. The first-order valence-electron chi connectivity index (χ1n) is 5.90. The van der Waals surface area contributed by atoms with E-state index in [1.807, 2.05) is 30.3 Å². The third-order valence-corrected chi connectivity index (χ3v) is 2.98. The number of amides is 1. The van der Waals surface area contributed by atoms with Crippen LogP contribution < -0.4 is 10.6 Å². The first-order chi connectivity index (χ1) is 7.81. The van der Waals surface area contributed by atoms with Gasteiger partial charge in [-0.2, -0.15) is 27.0 Å². The zero-order valence-electron chi connectivity index (χ0n) is 10.6. The minimum Gasteiger partial charge on any atom is -0.347 e. The SMILES string of the molecule is CCC[C@@H]1NC[C@H](c2ccccc2)NC1=O.S.S. The maximum absolute atomic E-state index is 11.8. The van der Waals surface area contributed by atoms with Crippen LogP contribution in [0.3, 0.4) is 0 Å². The number of rotatable bonds is 3. The van der Waals surface area contributed by atoms with Gasteiger partial charge in [-0.25, -0.2) is 0 Å². The average Bonchev–Trinajstić information content (AvgIpc) is 2.33. The number of piperazine rings is 1. The molecule has 0 aromatic heterocycles. The van der Waals surface area contributed by atoms with Crippen molar-refractivity contribution in [2.45, 2.75) is 31.8 Å². The number of carbonyl (C=O) groups excluding carboxylic acids is 1. The van der Waals surface area contributed by atoms with Crippen LogP contribution in [0.2, 0.25) is 0 Å². The molecule has 0 spiro atoms. The summed E-state index contributed by atoms with van der Waals surface area (Å²) in [4.78, 5) is 11.8. The van der Waals surface area contributed by atoms with Gasteiger partial charge in [0.15, 0.2) is 0 Å². The van der Waals surface area contributed by atoms with Gasteiger partial charge in [0.05, 0.1) is 12.1 Å². The molecule has 1 aromatic carbocycles. The highest BCUT2D eigenvalue weighted by molar-refractivity contribution is 7.59. The Hall–Kier alpha value is -0.650. The van der Waals surface area contributed by atoms with Crippen LogP contribution in [-0.4, -0.2) is 18.5 Å². The predicted molar refractivity (Wildman–Crippen MR) is 84.8 cm³/mol. The number of hydrogen-bond acceptors (Lipinski definition) is 2. The Bertz CT molecular complexity index is 359. The average molecular weight is 286 g/mol. The van der Waals surface area contributed by atoms with Gasteiger partial charge >= 0.3 is 0 Å². The first-order valence-corrected chi connectivity index (χ1v) is 5.90. The Balaban J connectivity index is 0.00000144. The molecular formula is C13H22N2OS2. The Labute approximate surface area is 123 Å². The van der Waals surface area contributed by atoms with Crippen molar-refractivity contribution >= 4 is 32.9 Å². The molecule has 2 atom stereocenters. The van der Waals surface area contributed by atoms with E-state index in [1.54, 1.807) is 0 Å². The van der Waals surface area contributed by atoms with Crippen molar-refractivity contribution in [1.82, 2.24) is 10.6 Å². The summed E-state index contributed by atoms with van der Waals surface area (Å²) in [6, 6.07) is 10.2. The number of nitrogens with one attached hydrogen (secondary N) is 2. The molecule has 1 amide bonds. The summed E-state index contributed by atoms with van der Waals surface area (Å²) < 4.78 is 0. The van der Waals surface area contributed by atoms with Crippen molar-refractivity contribution in [3.63, 3.8) is 0 Å². The molecule has 1 aliphatic rings. The lowest BCUT2D eigenvalue weighted by Gasteiger charge is -2.30. The van der Waals surface area contributed by atoms with Crippen LogP contribution in [-0.2, 0) is 4.79 Å². The van der Waals surface area contributed by atoms with E-state index in [0.29, 0.717) is 0 Å². The van der Waals surface area contributed by atoms with E-state index >= 15 is 0 Å². The van der Waals surface area contributed by atoms with Crippen LogP contribution in [0.5, 0.6) is 0 Å². The first kappa shape index (κ1) is 17.4. The van der Waals surface area contributed by atoms with Crippen LogP contribution in [0.1, 0.15) is 31.4 Å². The second-order valence-corrected chi connectivity index (χ2v) is 4.22. The van der Waals surface area contributed by atoms with Gasteiger partial charge in [0.25, 0.3) is 0 Å². The van der Waals surface area contributed by atoms with Crippen molar-refractivity contribution in [2.75, 3.05) is 6.54 Å². The Kier molecular flexibility index (Phi) is 8.15. The third-order valence-electron chi connectivity index (χ3n) is 2.98. The predicted octanol–water partition coefficient (Wildman–Crippen LogP) is 1.84. The zero-order valence-corrected chi connectivity index (χ0v) is 12.6. The standard InChI is InChI=1S/C13H18N2O.2H2S/c1-2-6-11-13(16)15-12(9-14-11)10-7-4-3-5-8-10;;/h3-5,7-8,11-12,14H,2,6,9H2,1H3,(H,15,16);2*1H2/t11-,12+;;/m0../s1. The highest BCUT2D eigenvalue weighted by Crippen LogP contribution is 2.15. The van der Waals surface area contributed by atoms with Gasteiger partial charge in [-0.15, -0.1) is 0 Å². The van der Waals surface area contributed by atoms with Crippen molar-refractivity contribution in [3.8, 4) is 0 Å². The van der Waals surface area contributed by atoms with E-state index in [-0.39, 0.29) is 45.0 Å². The molecule has 5 heteroatoms. The Morgan fingerprint density at radius 3 is 2.44 bits per heavy atom. The summed E-state index contributed by atoms with van der Waals surface area (Å²) in [6.07, 6.45) is 1.94. The van der Waals surface area contributed by atoms with Crippen LogP contribution in [0.4, 0.5) is 0 Å². The molecule has 2 rings (SSSR count). The molecule has 0 aliphatic carbocycles. The number of benzene rings is 1. The molecule has 1 aromatic rings. The van der Waals surface area contributed by atoms with Gasteiger partial charge in [-0.05, 0) is 12.0 Å². The van der Waals surface area contributed by atoms with Crippen LogP contribution >= 0.6 is 27.0 Å². The molecule has 0 radical (unpaired) electrons. The van der Waals surface area contributed by atoms with E-state index < -0.39 is 0 Å². The van der Waals surface area contributed by atoms with Crippen molar-refractivity contribution in [3.05, 3.63) is 35.9 Å². The molecule has 0 bridgehead atoms. The van der Waals surface area contributed by atoms with E-state index in [2.05, 4.69) is 17.6 Å². The second kappa shape index (κ2) is 8.45. The maximum Gasteiger partial charge on any atom is 0.237 e. The second-order valence-electron chi connectivity index (χ2n) is 4.22. The highest BCUT2D eigenvalue weighted by Gasteiger charge is 2.26. The van der Waals surface area contributed by atoms with E-state index in [4.69, 9.17) is 0 Å². The minimum absolute atomic E-state index is 0. The minimum atomic E-state index is -0.00929. The lowest BCUT2D eigenvalue weighted by Crippen LogP contribution is -2.54. The normalized spacial score (nSPS) is 22.4. The van der Waals surface area contributed by atoms with Gasteiger partial charge in [-0.1, -0.05) is 43.7 Å². The van der Waals surface area contributed by atoms with Crippen LogP contribution in [0.15, 0.2) is 30.3 Å². The Morgan fingerprint density at radius 1 is 1.22 bits per heavy atom. The maximum atomic E-state index is 11.8. The van der Waals surface area contributed by atoms with Gasteiger partial charge in [0, 0.05) is 6.54 Å². The fourth-order valence-electron chi connectivity index (χ4n) is 2.08. The summed E-state index contributed by atoms with van der Waals surface area (Å²) in [7, 11) is 0. The molecule has 3 nitrogen and oxygen atoms in total. The van der Waals surface area contributed by atoms with Gasteiger partial charge in [-0.3, -0.25) is 4.79 Å². The quantitative estimate of drug-likeness (QED) is 0.890. The van der Waals surface area contributed by atoms with E-state index in [0.717, 1.165) is 19.4 Å². The molecule has 102 valence electrons. The summed E-state index contributed by atoms with van der Waals surface area (Å²) in [6.45, 7) is 2.92. The molecule has 1 saturated heterocycles. The topological polar surface area (TPSA) is 41.1 Å². The smallest absolute Gasteiger partial charge is 0.237 e. The van der Waals surface area contributed by atoms with E-state index in [1.165, 1.54) is 5.56 Å². The highest BCUT2D eigenvalue weighted by atomic mass is 32.1. The van der Waals surface area contributed by atoms with Gasteiger partial charge < -0.3 is 10.6 Å². The van der Waals surface area contributed by atoms with Crippen LogP contribution in [0, 0.1) is 0 Å². The molecular weight excluding hydrogens is 264 g/mol. The van der Waals surface area contributed by atoms with Gasteiger partial charge in [0.1, 0.15) is 0 Å². The number of hydrogen-bond donors (Lipinski definition) is 2. The molecule has 18 heavy (non-hydrogen) atoms. The van der Waals surface area contributed by atoms with Crippen molar-refractivity contribution < 1.29 is 4.79 Å². The molecule has 0 unspecified atom stereocenters. The lowest BCUT2D eigenvalue weighted by atomic mass is 10.0. The molecule has 0 saturated carbocycles.